The van der Waals surface area contributed by atoms with Crippen LogP contribution in [0.15, 0.2) is 49.1 Å². The lowest BCUT2D eigenvalue weighted by Gasteiger charge is -2.41. The molecule has 2 aromatic carbocycles. The number of nitrogens with zero attached hydrogens (tertiary/aromatic N) is 1. The number of ether oxygens (including phenoxy) is 3. The van der Waals surface area contributed by atoms with Gasteiger partial charge in [-0.1, -0.05) is 24.3 Å². The number of amides is 2. The molecular weight excluding hydrogens is 416 g/mol. The van der Waals surface area contributed by atoms with Crippen molar-refractivity contribution in [1.29, 1.82) is 0 Å². The second-order valence-corrected chi connectivity index (χ2v) is 7.01. The van der Waals surface area contributed by atoms with E-state index in [1.165, 1.54) is 44.4 Å². The van der Waals surface area contributed by atoms with Gasteiger partial charge in [-0.15, -0.1) is 6.58 Å². The molecule has 0 saturated carbocycles. The SMILES string of the molecule is C=CCN1C(=O)c2cc(OC)c(OC)cc2C(C(=O)O)C1c1ccccc1NC(=O)OC. The van der Waals surface area contributed by atoms with Crippen LogP contribution in [-0.2, 0) is 9.53 Å². The van der Waals surface area contributed by atoms with E-state index in [1.54, 1.807) is 24.3 Å². The summed E-state index contributed by atoms with van der Waals surface area (Å²) in [5, 5.41) is 12.8. The van der Waals surface area contributed by atoms with Crippen molar-refractivity contribution in [3.8, 4) is 11.5 Å². The van der Waals surface area contributed by atoms with Crippen LogP contribution < -0.4 is 14.8 Å². The molecule has 0 aromatic heterocycles. The number of carbonyl (C=O) groups excluding carboxylic acids is 2. The Hall–Kier alpha value is -4.01. The van der Waals surface area contributed by atoms with Gasteiger partial charge < -0.3 is 24.2 Å². The average Bonchev–Trinajstić information content (AvgIpc) is 2.79. The summed E-state index contributed by atoms with van der Waals surface area (Å²) in [6, 6.07) is 8.74. The van der Waals surface area contributed by atoms with Crippen molar-refractivity contribution >= 4 is 23.7 Å². The molecule has 0 aliphatic carbocycles. The molecular formula is C23H24N2O7. The Kier molecular flexibility index (Phi) is 6.67. The number of benzene rings is 2. The van der Waals surface area contributed by atoms with E-state index in [-0.39, 0.29) is 12.1 Å². The Morgan fingerprint density at radius 1 is 1.12 bits per heavy atom. The molecule has 0 bridgehead atoms. The number of para-hydroxylation sites is 1. The minimum absolute atomic E-state index is 0.0909. The second-order valence-electron chi connectivity index (χ2n) is 7.01. The molecule has 32 heavy (non-hydrogen) atoms. The van der Waals surface area contributed by atoms with Gasteiger partial charge in [0.15, 0.2) is 11.5 Å². The van der Waals surface area contributed by atoms with Crippen LogP contribution in [0.5, 0.6) is 11.5 Å². The van der Waals surface area contributed by atoms with Gasteiger partial charge in [-0.05, 0) is 29.3 Å². The number of carboxylic acid groups (broad SMARTS) is 1. The third kappa shape index (κ3) is 3.96. The summed E-state index contributed by atoms with van der Waals surface area (Å²) in [4.78, 5) is 39.3. The highest BCUT2D eigenvalue weighted by Crippen LogP contribution is 2.47. The van der Waals surface area contributed by atoms with Crippen molar-refractivity contribution in [2.24, 2.45) is 0 Å². The first kappa shape index (κ1) is 22.7. The third-order valence-corrected chi connectivity index (χ3v) is 5.33. The Labute approximate surface area is 185 Å². The minimum atomic E-state index is -1.15. The molecule has 0 fully saturated rings. The highest BCUT2D eigenvalue weighted by Gasteiger charge is 2.45. The van der Waals surface area contributed by atoms with Gasteiger partial charge in [-0.25, -0.2) is 4.79 Å². The van der Waals surface area contributed by atoms with E-state index >= 15 is 0 Å². The summed E-state index contributed by atoms with van der Waals surface area (Å²) in [6.07, 6.45) is 0.805. The number of hydrogen-bond acceptors (Lipinski definition) is 6. The van der Waals surface area contributed by atoms with Crippen LogP contribution >= 0.6 is 0 Å². The van der Waals surface area contributed by atoms with E-state index in [2.05, 4.69) is 16.6 Å². The predicted octanol–water partition coefficient (Wildman–Crippen LogP) is 3.43. The number of fused-ring (bicyclic) bond motifs is 1. The van der Waals surface area contributed by atoms with Crippen LogP contribution in [0.4, 0.5) is 10.5 Å². The molecule has 1 aliphatic heterocycles. The molecule has 2 aromatic rings. The van der Waals surface area contributed by atoms with E-state index < -0.39 is 29.9 Å². The maximum absolute atomic E-state index is 13.5. The number of rotatable bonds is 7. The fourth-order valence-corrected chi connectivity index (χ4v) is 3.95. The average molecular weight is 440 g/mol. The summed E-state index contributed by atoms with van der Waals surface area (Å²) in [5.74, 6) is -2.06. The van der Waals surface area contributed by atoms with Crippen molar-refractivity contribution < 1.29 is 33.7 Å². The van der Waals surface area contributed by atoms with Gasteiger partial charge in [0.2, 0.25) is 0 Å². The summed E-state index contributed by atoms with van der Waals surface area (Å²) in [5.41, 5.74) is 1.27. The van der Waals surface area contributed by atoms with Crippen LogP contribution in [0.25, 0.3) is 0 Å². The zero-order valence-corrected chi connectivity index (χ0v) is 18.0. The first-order valence-electron chi connectivity index (χ1n) is 9.72. The van der Waals surface area contributed by atoms with Crippen molar-refractivity contribution in [1.82, 2.24) is 4.90 Å². The van der Waals surface area contributed by atoms with Gasteiger partial charge in [0.05, 0.1) is 27.4 Å². The zero-order chi connectivity index (χ0) is 23.4. The van der Waals surface area contributed by atoms with Gasteiger partial charge in [-0.2, -0.15) is 0 Å². The normalized spacial score (nSPS) is 17.2. The van der Waals surface area contributed by atoms with Gasteiger partial charge in [0.25, 0.3) is 5.91 Å². The van der Waals surface area contributed by atoms with Gasteiger partial charge in [0.1, 0.15) is 5.92 Å². The number of nitrogens with one attached hydrogen (secondary N) is 1. The molecule has 0 radical (unpaired) electrons. The molecule has 0 saturated heterocycles. The van der Waals surface area contributed by atoms with Gasteiger partial charge in [-0.3, -0.25) is 14.9 Å². The Balaban J connectivity index is 2.28. The molecule has 0 spiro atoms. The van der Waals surface area contributed by atoms with E-state index in [0.29, 0.717) is 28.3 Å². The molecule has 1 aliphatic rings. The molecule has 2 N–H and O–H groups in total. The van der Waals surface area contributed by atoms with Crippen LogP contribution in [0.2, 0.25) is 0 Å². The highest BCUT2D eigenvalue weighted by atomic mass is 16.5. The fourth-order valence-electron chi connectivity index (χ4n) is 3.95. The zero-order valence-electron chi connectivity index (χ0n) is 18.0. The first-order valence-corrected chi connectivity index (χ1v) is 9.72. The third-order valence-electron chi connectivity index (χ3n) is 5.33. The maximum Gasteiger partial charge on any atom is 0.411 e. The Morgan fingerprint density at radius 2 is 1.78 bits per heavy atom. The molecule has 2 amide bonds. The van der Waals surface area contributed by atoms with Gasteiger partial charge >= 0.3 is 12.1 Å². The quantitative estimate of drug-likeness (QED) is 0.634. The van der Waals surface area contributed by atoms with Crippen molar-refractivity contribution in [2.45, 2.75) is 12.0 Å². The molecule has 9 heteroatoms. The second kappa shape index (κ2) is 9.42. The van der Waals surface area contributed by atoms with Crippen LogP contribution in [0.3, 0.4) is 0 Å². The first-order chi connectivity index (χ1) is 15.4. The van der Waals surface area contributed by atoms with Crippen molar-refractivity contribution in [3.05, 3.63) is 65.7 Å². The van der Waals surface area contributed by atoms with Crippen LogP contribution in [-0.4, -0.2) is 55.9 Å². The molecule has 2 unspecified atom stereocenters. The number of carboxylic acids is 1. The molecule has 1 heterocycles. The molecule has 2 atom stereocenters. The number of hydrogen-bond donors (Lipinski definition) is 2. The number of aliphatic carboxylic acids is 1. The monoisotopic (exact) mass is 440 g/mol. The molecule has 9 nitrogen and oxygen atoms in total. The number of carbonyl (C=O) groups is 3. The highest BCUT2D eigenvalue weighted by molar-refractivity contribution is 6.01. The summed E-state index contributed by atoms with van der Waals surface area (Å²) in [7, 11) is 4.09. The topological polar surface area (TPSA) is 114 Å². The number of methoxy groups -OCH3 is 3. The largest absolute Gasteiger partial charge is 0.493 e. The predicted molar refractivity (Wildman–Crippen MR) is 116 cm³/mol. The lowest BCUT2D eigenvalue weighted by Crippen LogP contribution is -2.45. The van der Waals surface area contributed by atoms with E-state index in [9.17, 15) is 19.5 Å². The van der Waals surface area contributed by atoms with E-state index in [0.717, 1.165) is 0 Å². The number of anilines is 1. The molecule has 3 rings (SSSR count). The van der Waals surface area contributed by atoms with E-state index in [1.807, 2.05) is 0 Å². The Morgan fingerprint density at radius 3 is 2.38 bits per heavy atom. The minimum Gasteiger partial charge on any atom is -0.493 e. The lowest BCUT2D eigenvalue weighted by atomic mass is 9.79. The molecule has 168 valence electrons. The summed E-state index contributed by atoms with van der Waals surface area (Å²) >= 11 is 0. The van der Waals surface area contributed by atoms with Crippen LogP contribution in [0, 0.1) is 0 Å². The summed E-state index contributed by atoms with van der Waals surface area (Å²) in [6.45, 7) is 3.80. The summed E-state index contributed by atoms with van der Waals surface area (Å²) < 4.78 is 15.3. The standard InChI is InChI=1S/C23H24N2O7/c1-5-10-25-20(13-8-6-7-9-16(13)24-23(29)32-4)19(22(27)28)14-11-17(30-2)18(31-3)12-15(14)21(25)26/h5-9,11-12,19-20H,1,10H2,2-4H3,(H,24,29)(H,27,28). The Bertz CT molecular complexity index is 1070. The van der Waals surface area contributed by atoms with E-state index in [4.69, 9.17) is 9.47 Å². The smallest absolute Gasteiger partial charge is 0.411 e. The lowest BCUT2D eigenvalue weighted by molar-refractivity contribution is -0.140. The maximum atomic E-state index is 13.5. The van der Waals surface area contributed by atoms with Crippen molar-refractivity contribution in [3.63, 3.8) is 0 Å². The van der Waals surface area contributed by atoms with Crippen LogP contribution in [0.1, 0.15) is 33.4 Å². The van der Waals surface area contributed by atoms with Crippen molar-refractivity contribution in [2.75, 3.05) is 33.2 Å². The van der Waals surface area contributed by atoms with Gasteiger partial charge in [0, 0.05) is 17.8 Å². The fraction of sp³-hybridized carbons (Fsp3) is 0.261.